The van der Waals surface area contributed by atoms with E-state index in [1.807, 2.05) is 20.8 Å². The first-order valence-electron chi connectivity index (χ1n) is 4.26. The Kier molecular flexibility index (Phi) is 2.88. The molecule has 3 nitrogen and oxygen atoms in total. The maximum Gasteiger partial charge on any atom is 0.128 e. The van der Waals surface area contributed by atoms with Gasteiger partial charge in [-0.15, -0.1) is 0 Å². The zero-order valence-electron chi connectivity index (χ0n) is 8.24. The van der Waals surface area contributed by atoms with Crippen molar-refractivity contribution in [3.05, 3.63) is 24.0 Å². The molecule has 0 saturated carbocycles. The van der Waals surface area contributed by atoms with Gasteiger partial charge in [-0.05, 0) is 26.8 Å². The number of aliphatic hydroxyl groups is 1. The molecule has 0 spiro atoms. The highest BCUT2D eigenvalue weighted by Gasteiger charge is 2.13. The minimum Gasteiger partial charge on any atom is -0.488 e. The summed E-state index contributed by atoms with van der Waals surface area (Å²) in [6.45, 7) is 5.86. The van der Waals surface area contributed by atoms with Gasteiger partial charge in [-0.25, -0.2) is 0 Å². The fourth-order valence-corrected chi connectivity index (χ4v) is 0.963. The topological polar surface area (TPSA) is 42.4 Å². The molecule has 0 bridgehead atoms. The van der Waals surface area contributed by atoms with Gasteiger partial charge in [-0.1, -0.05) is 0 Å². The van der Waals surface area contributed by atoms with Crippen LogP contribution in [-0.2, 0) is 6.61 Å². The van der Waals surface area contributed by atoms with E-state index in [2.05, 4.69) is 4.98 Å². The predicted octanol–water partition coefficient (Wildman–Crippen LogP) is 1.75. The van der Waals surface area contributed by atoms with Crippen LogP contribution in [0.25, 0.3) is 0 Å². The number of hydrogen-bond donors (Lipinski definition) is 1. The molecule has 0 aliphatic carbocycles. The Labute approximate surface area is 78.4 Å². The van der Waals surface area contributed by atoms with E-state index >= 15 is 0 Å². The molecule has 0 unspecified atom stereocenters. The van der Waals surface area contributed by atoms with E-state index in [1.165, 1.54) is 0 Å². The second kappa shape index (κ2) is 3.75. The Morgan fingerprint density at radius 1 is 1.46 bits per heavy atom. The average molecular weight is 181 g/mol. The third-order valence-electron chi connectivity index (χ3n) is 1.45. The van der Waals surface area contributed by atoms with Crippen molar-refractivity contribution in [2.24, 2.45) is 0 Å². The van der Waals surface area contributed by atoms with Crippen molar-refractivity contribution >= 4 is 0 Å². The van der Waals surface area contributed by atoms with Gasteiger partial charge in [-0.2, -0.15) is 0 Å². The fourth-order valence-electron chi connectivity index (χ4n) is 0.963. The van der Waals surface area contributed by atoms with E-state index in [-0.39, 0.29) is 12.2 Å². The van der Waals surface area contributed by atoms with Crippen LogP contribution < -0.4 is 4.74 Å². The summed E-state index contributed by atoms with van der Waals surface area (Å²) in [4.78, 5) is 3.91. The lowest BCUT2D eigenvalue weighted by atomic mass is 10.2. The second-order valence-corrected chi connectivity index (χ2v) is 3.86. The van der Waals surface area contributed by atoms with Gasteiger partial charge in [0.25, 0.3) is 0 Å². The molecule has 0 aliphatic rings. The lowest BCUT2D eigenvalue weighted by Crippen LogP contribution is -2.23. The third-order valence-corrected chi connectivity index (χ3v) is 1.45. The zero-order valence-corrected chi connectivity index (χ0v) is 8.24. The first-order valence-corrected chi connectivity index (χ1v) is 4.26. The Bertz CT molecular complexity index is 278. The molecule has 0 atom stereocenters. The van der Waals surface area contributed by atoms with E-state index in [1.54, 1.807) is 18.5 Å². The Morgan fingerprint density at radius 3 is 2.69 bits per heavy atom. The fraction of sp³-hybridized carbons (Fsp3) is 0.500. The van der Waals surface area contributed by atoms with Crippen molar-refractivity contribution in [2.45, 2.75) is 33.0 Å². The van der Waals surface area contributed by atoms with Crippen molar-refractivity contribution in [1.29, 1.82) is 0 Å². The van der Waals surface area contributed by atoms with Gasteiger partial charge in [0.15, 0.2) is 0 Å². The van der Waals surface area contributed by atoms with Gasteiger partial charge in [0.1, 0.15) is 11.4 Å². The number of nitrogens with zero attached hydrogens (tertiary/aromatic N) is 1. The van der Waals surface area contributed by atoms with E-state index in [4.69, 9.17) is 9.84 Å². The predicted molar refractivity (Wildman–Crippen MR) is 50.5 cm³/mol. The molecular formula is C10H15NO2. The molecule has 3 heteroatoms. The van der Waals surface area contributed by atoms with Crippen molar-refractivity contribution in [3.8, 4) is 5.75 Å². The smallest absolute Gasteiger partial charge is 0.128 e. The summed E-state index contributed by atoms with van der Waals surface area (Å²) in [6, 6.07) is 1.76. The zero-order chi connectivity index (χ0) is 9.90. The van der Waals surface area contributed by atoms with Crippen LogP contribution >= 0.6 is 0 Å². The van der Waals surface area contributed by atoms with E-state index < -0.39 is 0 Å². The molecule has 1 rings (SSSR count). The quantitative estimate of drug-likeness (QED) is 0.755. The molecule has 0 fully saturated rings. The second-order valence-electron chi connectivity index (χ2n) is 3.86. The van der Waals surface area contributed by atoms with Crippen molar-refractivity contribution in [1.82, 2.24) is 4.98 Å². The molecule has 1 aromatic heterocycles. The summed E-state index contributed by atoms with van der Waals surface area (Å²) in [7, 11) is 0. The standard InChI is InChI=1S/C10H15NO2/c1-10(2,3)13-9-4-5-11-6-8(9)7-12/h4-6,12H,7H2,1-3H3. The van der Waals surface area contributed by atoms with E-state index in [9.17, 15) is 0 Å². The highest BCUT2D eigenvalue weighted by atomic mass is 16.5. The molecule has 1 N–H and O–H groups in total. The molecule has 1 aromatic rings. The molecule has 1 heterocycles. The molecule has 0 saturated heterocycles. The number of aromatic nitrogens is 1. The van der Waals surface area contributed by atoms with Gasteiger partial charge in [-0.3, -0.25) is 4.98 Å². The normalized spacial score (nSPS) is 11.4. The number of aliphatic hydroxyl groups excluding tert-OH is 1. The van der Waals surface area contributed by atoms with Crippen LogP contribution in [0.1, 0.15) is 26.3 Å². The molecular weight excluding hydrogens is 166 g/mol. The lowest BCUT2D eigenvalue weighted by molar-refractivity contribution is 0.126. The first-order chi connectivity index (χ1) is 6.03. The summed E-state index contributed by atoms with van der Waals surface area (Å²) in [5.41, 5.74) is 0.475. The molecule has 0 radical (unpaired) electrons. The van der Waals surface area contributed by atoms with E-state index in [0.29, 0.717) is 5.75 Å². The molecule has 0 aliphatic heterocycles. The van der Waals surface area contributed by atoms with Gasteiger partial charge in [0.2, 0.25) is 0 Å². The van der Waals surface area contributed by atoms with Crippen LogP contribution in [0, 0.1) is 0 Å². The van der Waals surface area contributed by atoms with Crippen LogP contribution in [0.15, 0.2) is 18.5 Å². The highest BCUT2D eigenvalue weighted by Crippen LogP contribution is 2.21. The summed E-state index contributed by atoms with van der Waals surface area (Å²) in [5.74, 6) is 0.699. The SMILES string of the molecule is CC(C)(C)Oc1ccncc1CO. The highest BCUT2D eigenvalue weighted by molar-refractivity contribution is 5.29. The van der Waals surface area contributed by atoms with Crippen molar-refractivity contribution in [3.63, 3.8) is 0 Å². The summed E-state index contributed by atoms with van der Waals surface area (Å²) in [5, 5.41) is 9.00. The third kappa shape index (κ3) is 3.03. The van der Waals surface area contributed by atoms with Crippen LogP contribution in [0.2, 0.25) is 0 Å². The summed E-state index contributed by atoms with van der Waals surface area (Å²) in [6.07, 6.45) is 3.27. The van der Waals surface area contributed by atoms with Gasteiger partial charge in [0, 0.05) is 18.0 Å². The number of ether oxygens (including phenoxy) is 1. The minimum atomic E-state index is -0.245. The van der Waals surface area contributed by atoms with Crippen LogP contribution in [0.3, 0.4) is 0 Å². The number of hydrogen-bond acceptors (Lipinski definition) is 3. The lowest BCUT2D eigenvalue weighted by Gasteiger charge is -2.22. The maximum atomic E-state index is 9.00. The Balaban J connectivity index is 2.87. The molecule has 0 amide bonds. The molecule has 13 heavy (non-hydrogen) atoms. The maximum absolute atomic E-state index is 9.00. The first kappa shape index (κ1) is 9.99. The Morgan fingerprint density at radius 2 is 2.15 bits per heavy atom. The summed E-state index contributed by atoms with van der Waals surface area (Å²) < 4.78 is 5.62. The van der Waals surface area contributed by atoms with Crippen LogP contribution in [-0.4, -0.2) is 15.7 Å². The van der Waals surface area contributed by atoms with Crippen molar-refractivity contribution < 1.29 is 9.84 Å². The van der Waals surface area contributed by atoms with Gasteiger partial charge >= 0.3 is 0 Å². The molecule has 72 valence electrons. The van der Waals surface area contributed by atoms with Gasteiger partial charge < -0.3 is 9.84 Å². The van der Waals surface area contributed by atoms with Crippen LogP contribution in [0.4, 0.5) is 0 Å². The minimum absolute atomic E-state index is 0.0424. The summed E-state index contributed by atoms with van der Waals surface area (Å²) >= 11 is 0. The molecule has 0 aromatic carbocycles. The van der Waals surface area contributed by atoms with Crippen LogP contribution in [0.5, 0.6) is 5.75 Å². The van der Waals surface area contributed by atoms with Crippen molar-refractivity contribution in [2.75, 3.05) is 0 Å². The number of rotatable bonds is 2. The Hall–Kier alpha value is -1.09. The van der Waals surface area contributed by atoms with Gasteiger partial charge in [0.05, 0.1) is 6.61 Å². The monoisotopic (exact) mass is 181 g/mol. The average Bonchev–Trinajstić information content (AvgIpc) is 2.02. The number of pyridine rings is 1. The van der Waals surface area contributed by atoms with E-state index in [0.717, 1.165) is 5.56 Å². The largest absolute Gasteiger partial charge is 0.488 e.